The lowest BCUT2D eigenvalue weighted by Gasteiger charge is -2.39. The van der Waals surface area contributed by atoms with Crippen LogP contribution in [0.2, 0.25) is 0 Å². The number of piperidine rings is 1. The molecular formula is C19H26N2O5S. The molecule has 3 rings (SSSR count). The van der Waals surface area contributed by atoms with Gasteiger partial charge in [-0.15, -0.1) is 0 Å². The predicted octanol–water partition coefficient (Wildman–Crippen LogP) is 2.09. The minimum atomic E-state index is -3.90. The smallest absolute Gasteiger partial charge is 0.337 e. The van der Waals surface area contributed by atoms with Crippen LogP contribution < -0.4 is 5.32 Å². The molecule has 1 saturated carbocycles. The van der Waals surface area contributed by atoms with E-state index >= 15 is 0 Å². The van der Waals surface area contributed by atoms with Crippen molar-refractivity contribution in [3.63, 3.8) is 0 Å². The van der Waals surface area contributed by atoms with Gasteiger partial charge in [-0.05, 0) is 43.2 Å². The van der Waals surface area contributed by atoms with Gasteiger partial charge in [0.05, 0.1) is 10.5 Å². The van der Waals surface area contributed by atoms with Crippen LogP contribution in [0.15, 0.2) is 29.2 Å². The van der Waals surface area contributed by atoms with Gasteiger partial charge in [-0.25, -0.2) is 13.2 Å². The number of nitrogens with one attached hydrogen (secondary N) is 1. The van der Waals surface area contributed by atoms with E-state index in [4.69, 9.17) is 0 Å². The number of carbonyl (C=O) groups is 2. The molecule has 1 saturated heterocycles. The summed E-state index contributed by atoms with van der Waals surface area (Å²) in [6.45, 7) is 3.28. The molecule has 2 aliphatic rings. The summed E-state index contributed by atoms with van der Waals surface area (Å²) < 4.78 is 27.0. The number of hydrogen-bond donors (Lipinski definition) is 2. The third-order valence-corrected chi connectivity index (χ3v) is 7.77. The lowest BCUT2D eigenvalue weighted by atomic mass is 9.70. The van der Waals surface area contributed by atoms with Crippen LogP contribution in [0.1, 0.15) is 49.4 Å². The number of benzene rings is 1. The van der Waals surface area contributed by atoms with Gasteiger partial charge < -0.3 is 10.4 Å². The average Bonchev–Trinajstić information content (AvgIpc) is 2.64. The zero-order valence-corrected chi connectivity index (χ0v) is 16.3. The number of carboxylic acid groups (broad SMARTS) is 1. The number of carboxylic acids is 1. The molecule has 0 radical (unpaired) electrons. The molecule has 27 heavy (non-hydrogen) atoms. The minimum Gasteiger partial charge on any atom is -0.478 e. The maximum atomic E-state index is 12.9. The number of sulfonamides is 1. The van der Waals surface area contributed by atoms with E-state index in [0.717, 1.165) is 12.8 Å². The second-order valence-electron chi connectivity index (χ2n) is 7.86. The first kappa shape index (κ1) is 19.8. The van der Waals surface area contributed by atoms with Gasteiger partial charge in [0.2, 0.25) is 15.9 Å². The second-order valence-corrected chi connectivity index (χ2v) is 9.77. The van der Waals surface area contributed by atoms with Crippen molar-refractivity contribution in [2.75, 3.05) is 19.6 Å². The lowest BCUT2D eigenvalue weighted by Crippen LogP contribution is -2.46. The van der Waals surface area contributed by atoms with Gasteiger partial charge in [-0.2, -0.15) is 4.31 Å². The Morgan fingerprint density at radius 2 is 1.85 bits per heavy atom. The fraction of sp³-hybridized carbons (Fsp3) is 0.579. The fourth-order valence-electron chi connectivity index (χ4n) is 3.77. The molecule has 148 valence electrons. The predicted molar refractivity (Wildman–Crippen MR) is 99.9 cm³/mol. The molecule has 0 unspecified atom stereocenters. The number of nitrogens with zero attached hydrogens (tertiary/aromatic N) is 1. The molecule has 1 heterocycles. The maximum Gasteiger partial charge on any atom is 0.337 e. The Labute approximate surface area is 159 Å². The molecular weight excluding hydrogens is 368 g/mol. The third kappa shape index (κ3) is 4.16. The number of amides is 1. The number of hydrogen-bond acceptors (Lipinski definition) is 4. The highest BCUT2D eigenvalue weighted by molar-refractivity contribution is 7.89. The van der Waals surface area contributed by atoms with E-state index in [9.17, 15) is 23.1 Å². The van der Waals surface area contributed by atoms with E-state index in [1.807, 2.05) is 0 Å². The second kappa shape index (κ2) is 7.59. The molecule has 1 amide bonds. The highest BCUT2D eigenvalue weighted by Crippen LogP contribution is 2.39. The van der Waals surface area contributed by atoms with Crippen LogP contribution in [0, 0.1) is 11.3 Å². The van der Waals surface area contributed by atoms with E-state index < -0.39 is 16.0 Å². The Morgan fingerprint density at radius 1 is 1.22 bits per heavy atom. The van der Waals surface area contributed by atoms with Crippen molar-refractivity contribution in [2.45, 2.75) is 43.9 Å². The fourth-order valence-corrected chi connectivity index (χ4v) is 5.42. The summed E-state index contributed by atoms with van der Waals surface area (Å²) in [5, 5.41) is 12.3. The van der Waals surface area contributed by atoms with E-state index in [0.29, 0.717) is 19.4 Å². The van der Waals surface area contributed by atoms with Crippen molar-refractivity contribution in [3.05, 3.63) is 29.8 Å². The first-order valence-electron chi connectivity index (χ1n) is 9.33. The first-order valence-corrected chi connectivity index (χ1v) is 10.8. The quantitative estimate of drug-likeness (QED) is 0.769. The standard InChI is InChI=1S/C19H26N2O5S/c1-19(9-4-10-19)13-20-17(22)14-7-11-21(12-8-14)27(25,26)16-6-3-2-5-15(16)18(23)24/h2-3,5-6,14H,4,7-13H2,1H3,(H,20,22)(H,23,24). The molecule has 0 atom stereocenters. The van der Waals surface area contributed by atoms with Crippen LogP contribution in [0.25, 0.3) is 0 Å². The maximum absolute atomic E-state index is 12.9. The Bertz CT molecular complexity index is 824. The summed E-state index contributed by atoms with van der Waals surface area (Å²) in [6.07, 6.45) is 4.36. The van der Waals surface area contributed by atoms with Gasteiger partial charge in [0, 0.05) is 25.6 Å². The SMILES string of the molecule is CC1(CNC(=O)C2CCN(S(=O)(=O)c3ccccc3C(=O)O)CC2)CCC1. The zero-order valence-electron chi connectivity index (χ0n) is 15.5. The normalized spacial score (nSPS) is 20.6. The molecule has 1 aliphatic heterocycles. The van der Waals surface area contributed by atoms with Gasteiger partial charge in [0.25, 0.3) is 0 Å². The van der Waals surface area contributed by atoms with E-state index in [1.54, 1.807) is 0 Å². The Balaban J connectivity index is 1.61. The highest BCUT2D eigenvalue weighted by Gasteiger charge is 2.36. The van der Waals surface area contributed by atoms with Crippen molar-refractivity contribution >= 4 is 21.9 Å². The molecule has 1 aromatic rings. The van der Waals surface area contributed by atoms with Gasteiger partial charge in [-0.1, -0.05) is 25.5 Å². The summed E-state index contributed by atoms with van der Waals surface area (Å²) in [5.41, 5.74) is -0.0219. The van der Waals surface area contributed by atoms with Crippen molar-refractivity contribution in [1.82, 2.24) is 9.62 Å². The topological polar surface area (TPSA) is 104 Å². The number of carbonyl (C=O) groups excluding carboxylic acids is 1. The molecule has 1 aromatic carbocycles. The average molecular weight is 394 g/mol. The molecule has 2 fully saturated rings. The Hall–Kier alpha value is -1.93. The van der Waals surface area contributed by atoms with Crippen LogP contribution >= 0.6 is 0 Å². The summed E-state index contributed by atoms with van der Waals surface area (Å²) in [7, 11) is -3.90. The molecule has 7 nitrogen and oxygen atoms in total. The van der Waals surface area contributed by atoms with Gasteiger partial charge in [0.1, 0.15) is 0 Å². The van der Waals surface area contributed by atoms with Crippen LogP contribution in [0.5, 0.6) is 0 Å². The lowest BCUT2D eigenvalue weighted by molar-refractivity contribution is -0.126. The van der Waals surface area contributed by atoms with E-state index in [1.165, 1.54) is 35.0 Å². The van der Waals surface area contributed by atoms with E-state index in [-0.39, 0.29) is 40.8 Å². The third-order valence-electron chi connectivity index (χ3n) is 5.81. The molecule has 1 aliphatic carbocycles. The van der Waals surface area contributed by atoms with Crippen LogP contribution in [-0.2, 0) is 14.8 Å². The summed E-state index contributed by atoms with van der Waals surface area (Å²) in [6, 6.07) is 5.62. The van der Waals surface area contributed by atoms with Crippen molar-refractivity contribution in [3.8, 4) is 0 Å². The van der Waals surface area contributed by atoms with Crippen molar-refractivity contribution < 1.29 is 23.1 Å². The van der Waals surface area contributed by atoms with Gasteiger partial charge >= 0.3 is 5.97 Å². The summed E-state index contributed by atoms with van der Waals surface area (Å²) in [5.74, 6) is -1.48. The largest absolute Gasteiger partial charge is 0.478 e. The molecule has 0 aromatic heterocycles. The summed E-state index contributed by atoms with van der Waals surface area (Å²) >= 11 is 0. The van der Waals surface area contributed by atoms with Gasteiger partial charge in [-0.3, -0.25) is 4.79 Å². The van der Waals surface area contributed by atoms with Crippen LogP contribution in [-0.4, -0.2) is 49.3 Å². The zero-order chi connectivity index (χ0) is 19.7. The molecule has 8 heteroatoms. The molecule has 0 spiro atoms. The van der Waals surface area contributed by atoms with Crippen LogP contribution in [0.3, 0.4) is 0 Å². The number of aromatic carboxylic acids is 1. The molecule has 0 bridgehead atoms. The number of rotatable bonds is 6. The van der Waals surface area contributed by atoms with E-state index in [2.05, 4.69) is 12.2 Å². The minimum absolute atomic E-state index is 0.00823. The summed E-state index contributed by atoms with van der Waals surface area (Å²) in [4.78, 5) is 23.5. The Morgan fingerprint density at radius 3 is 2.41 bits per heavy atom. The highest BCUT2D eigenvalue weighted by atomic mass is 32.2. The van der Waals surface area contributed by atoms with Crippen molar-refractivity contribution in [1.29, 1.82) is 0 Å². The Kier molecular flexibility index (Phi) is 5.58. The first-order chi connectivity index (χ1) is 12.7. The monoisotopic (exact) mass is 394 g/mol. The van der Waals surface area contributed by atoms with Crippen molar-refractivity contribution in [2.24, 2.45) is 11.3 Å². The molecule has 2 N–H and O–H groups in total. The van der Waals surface area contributed by atoms with Gasteiger partial charge in [0.15, 0.2) is 0 Å². The van der Waals surface area contributed by atoms with Crippen LogP contribution in [0.4, 0.5) is 0 Å².